The highest BCUT2D eigenvalue weighted by atomic mass is 16.5. The van der Waals surface area contributed by atoms with Crippen LogP contribution in [-0.4, -0.2) is 7.11 Å². The van der Waals surface area contributed by atoms with Crippen molar-refractivity contribution in [2.45, 2.75) is 27.2 Å². The third-order valence-electron chi connectivity index (χ3n) is 2.10. The molecule has 0 aliphatic heterocycles. The van der Waals surface area contributed by atoms with Crippen LogP contribution in [-0.2, 0) is 6.42 Å². The van der Waals surface area contributed by atoms with Crippen molar-refractivity contribution >= 4 is 0 Å². The minimum absolute atomic E-state index is 0.716. The molecule has 0 heterocycles. The molecule has 0 amide bonds. The van der Waals surface area contributed by atoms with Crippen LogP contribution in [0.15, 0.2) is 18.2 Å². The molecule has 0 aliphatic rings. The van der Waals surface area contributed by atoms with E-state index < -0.39 is 0 Å². The van der Waals surface area contributed by atoms with Gasteiger partial charge in [-0.05, 0) is 36.5 Å². The van der Waals surface area contributed by atoms with E-state index in [0.717, 1.165) is 12.2 Å². The first-order valence-electron chi connectivity index (χ1n) is 4.77. The van der Waals surface area contributed by atoms with E-state index in [1.165, 1.54) is 11.1 Å². The number of methoxy groups -OCH3 is 1. The second-order valence-corrected chi connectivity index (χ2v) is 3.90. The average molecular weight is 178 g/mol. The van der Waals surface area contributed by atoms with Crippen LogP contribution >= 0.6 is 0 Å². The van der Waals surface area contributed by atoms with E-state index in [1.807, 2.05) is 6.07 Å². The van der Waals surface area contributed by atoms with Crippen LogP contribution in [0.1, 0.15) is 25.0 Å². The maximum atomic E-state index is 5.20. The smallest absolute Gasteiger partial charge is 0.121 e. The first-order chi connectivity index (χ1) is 6.13. The van der Waals surface area contributed by atoms with Crippen molar-refractivity contribution in [3.8, 4) is 5.75 Å². The third-order valence-corrected chi connectivity index (χ3v) is 2.10. The summed E-state index contributed by atoms with van der Waals surface area (Å²) in [6.45, 7) is 6.56. The summed E-state index contributed by atoms with van der Waals surface area (Å²) in [4.78, 5) is 0. The van der Waals surface area contributed by atoms with Gasteiger partial charge in [-0.25, -0.2) is 0 Å². The molecule has 1 nitrogen and oxygen atoms in total. The molecule has 0 bridgehead atoms. The Morgan fingerprint density at radius 3 is 2.46 bits per heavy atom. The van der Waals surface area contributed by atoms with Crippen LogP contribution in [0.4, 0.5) is 0 Å². The monoisotopic (exact) mass is 178 g/mol. The first kappa shape index (κ1) is 10.1. The van der Waals surface area contributed by atoms with Crippen LogP contribution in [0, 0.1) is 12.8 Å². The molecule has 0 saturated carbocycles. The van der Waals surface area contributed by atoms with Crippen LogP contribution in [0.5, 0.6) is 5.75 Å². The Labute approximate surface area is 80.7 Å². The Bertz CT molecular complexity index is 276. The van der Waals surface area contributed by atoms with E-state index in [0.29, 0.717) is 5.92 Å². The molecule has 1 rings (SSSR count). The van der Waals surface area contributed by atoms with E-state index in [2.05, 4.69) is 32.9 Å². The lowest BCUT2D eigenvalue weighted by molar-refractivity contribution is 0.411. The predicted molar refractivity (Wildman–Crippen MR) is 56.3 cm³/mol. The largest absolute Gasteiger partial charge is 0.496 e. The third kappa shape index (κ3) is 2.76. The Morgan fingerprint density at radius 1 is 1.31 bits per heavy atom. The molecule has 0 aliphatic carbocycles. The summed E-state index contributed by atoms with van der Waals surface area (Å²) < 4.78 is 5.20. The van der Waals surface area contributed by atoms with Crippen LogP contribution < -0.4 is 4.74 Å². The number of benzene rings is 1. The SMILES string of the molecule is COc1ccc(CC(C)C)cc1C. The molecule has 0 radical (unpaired) electrons. The van der Waals surface area contributed by atoms with Crippen molar-refractivity contribution in [2.24, 2.45) is 5.92 Å². The fourth-order valence-corrected chi connectivity index (χ4v) is 1.54. The van der Waals surface area contributed by atoms with Gasteiger partial charge in [0.1, 0.15) is 5.75 Å². The normalized spacial score (nSPS) is 10.5. The summed E-state index contributed by atoms with van der Waals surface area (Å²) in [5, 5.41) is 0. The summed E-state index contributed by atoms with van der Waals surface area (Å²) in [6.07, 6.45) is 1.14. The van der Waals surface area contributed by atoms with Crippen LogP contribution in [0.3, 0.4) is 0 Å². The minimum atomic E-state index is 0.716. The maximum Gasteiger partial charge on any atom is 0.121 e. The van der Waals surface area contributed by atoms with E-state index in [1.54, 1.807) is 7.11 Å². The van der Waals surface area contributed by atoms with Gasteiger partial charge in [-0.15, -0.1) is 0 Å². The lowest BCUT2D eigenvalue weighted by Crippen LogP contribution is -1.95. The number of hydrogen-bond donors (Lipinski definition) is 0. The Kier molecular flexibility index (Phi) is 3.35. The number of aryl methyl sites for hydroxylation is 1. The molecule has 0 aromatic heterocycles. The van der Waals surface area contributed by atoms with Gasteiger partial charge in [-0.3, -0.25) is 0 Å². The summed E-state index contributed by atoms with van der Waals surface area (Å²) in [6, 6.07) is 6.40. The molecule has 0 atom stereocenters. The van der Waals surface area contributed by atoms with Crippen molar-refractivity contribution in [3.05, 3.63) is 29.3 Å². The van der Waals surface area contributed by atoms with Crippen LogP contribution in [0.2, 0.25) is 0 Å². The van der Waals surface area contributed by atoms with E-state index in [4.69, 9.17) is 4.74 Å². The highest BCUT2D eigenvalue weighted by Gasteiger charge is 2.01. The molecule has 0 N–H and O–H groups in total. The lowest BCUT2D eigenvalue weighted by Gasteiger charge is -2.08. The summed E-state index contributed by atoms with van der Waals surface area (Å²) in [5.74, 6) is 1.69. The molecule has 13 heavy (non-hydrogen) atoms. The molecule has 1 aromatic rings. The molecule has 0 unspecified atom stereocenters. The van der Waals surface area contributed by atoms with Crippen molar-refractivity contribution < 1.29 is 4.74 Å². The second kappa shape index (κ2) is 4.31. The van der Waals surface area contributed by atoms with Gasteiger partial charge in [-0.1, -0.05) is 26.0 Å². The molecule has 0 fully saturated rings. The van der Waals surface area contributed by atoms with E-state index in [9.17, 15) is 0 Å². The van der Waals surface area contributed by atoms with E-state index >= 15 is 0 Å². The van der Waals surface area contributed by atoms with Gasteiger partial charge in [0.25, 0.3) is 0 Å². The number of rotatable bonds is 3. The summed E-state index contributed by atoms with van der Waals surface area (Å²) in [5.41, 5.74) is 2.62. The Morgan fingerprint density at radius 2 is 2.00 bits per heavy atom. The highest BCUT2D eigenvalue weighted by Crippen LogP contribution is 2.19. The fraction of sp³-hybridized carbons (Fsp3) is 0.500. The molecule has 1 heteroatoms. The van der Waals surface area contributed by atoms with Crippen LogP contribution in [0.25, 0.3) is 0 Å². The second-order valence-electron chi connectivity index (χ2n) is 3.90. The lowest BCUT2D eigenvalue weighted by atomic mass is 10.0. The molecule has 72 valence electrons. The quantitative estimate of drug-likeness (QED) is 0.690. The Balaban J connectivity index is 2.83. The standard InChI is InChI=1S/C12H18O/c1-9(2)7-11-5-6-12(13-4)10(3)8-11/h5-6,8-9H,7H2,1-4H3. The topological polar surface area (TPSA) is 9.23 Å². The van der Waals surface area contributed by atoms with Gasteiger partial charge in [-0.2, -0.15) is 0 Å². The first-order valence-corrected chi connectivity index (χ1v) is 4.77. The van der Waals surface area contributed by atoms with Gasteiger partial charge in [0, 0.05) is 0 Å². The zero-order valence-electron chi connectivity index (χ0n) is 8.92. The molecule has 0 spiro atoms. The number of ether oxygens (including phenoxy) is 1. The average Bonchev–Trinajstić information content (AvgIpc) is 2.03. The molecule has 0 saturated heterocycles. The minimum Gasteiger partial charge on any atom is -0.496 e. The van der Waals surface area contributed by atoms with Gasteiger partial charge in [0.2, 0.25) is 0 Å². The molecular weight excluding hydrogens is 160 g/mol. The van der Waals surface area contributed by atoms with Crippen molar-refractivity contribution in [1.82, 2.24) is 0 Å². The van der Waals surface area contributed by atoms with Gasteiger partial charge in [0.05, 0.1) is 7.11 Å². The summed E-state index contributed by atoms with van der Waals surface area (Å²) >= 11 is 0. The predicted octanol–water partition coefficient (Wildman–Crippen LogP) is 3.20. The van der Waals surface area contributed by atoms with Gasteiger partial charge >= 0.3 is 0 Å². The zero-order chi connectivity index (χ0) is 9.84. The van der Waals surface area contributed by atoms with Gasteiger partial charge < -0.3 is 4.74 Å². The highest BCUT2D eigenvalue weighted by molar-refractivity contribution is 5.36. The van der Waals surface area contributed by atoms with Crippen molar-refractivity contribution in [1.29, 1.82) is 0 Å². The van der Waals surface area contributed by atoms with E-state index in [-0.39, 0.29) is 0 Å². The molecule has 1 aromatic carbocycles. The maximum absolute atomic E-state index is 5.20. The van der Waals surface area contributed by atoms with Gasteiger partial charge in [0.15, 0.2) is 0 Å². The molecular formula is C12H18O. The van der Waals surface area contributed by atoms with Crippen molar-refractivity contribution in [2.75, 3.05) is 7.11 Å². The Hall–Kier alpha value is -0.980. The zero-order valence-corrected chi connectivity index (χ0v) is 8.92. The van der Waals surface area contributed by atoms with Crippen molar-refractivity contribution in [3.63, 3.8) is 0 Å². The number of hydrogen-bond acceptors (Lipinski definition) is 1. The summed E-state index contributed by atoms with van der Waals surface area (Å²) in [7, 11) is 1.71. The fourth-order valence-electron chi connectivity index (χ4n) is 1.54.